The predicted octanol–water partition coefficient (Wildman–Crippen LogP) is 3.45. The third-order valence-electron chi connectivity index (χ3n) is 2.76. The summed E-state index contributed by atoms with van der Waals surface area (Å²) in [6, 6.07) is 2.02. The molecule has 3 heteroatoms. The molecule has 0 aliphatic rings. The van der Waals surface area contributed by atoms with Crippen molar-refractivity contribution in [3.63, 3.8) is 0 Å². The Labute approximate surface area is 105 Å². The first-order valence-electron chi connectivity index (χ1n) is 6.88. The lowest BCUT2D eigenvalue weighted by atomic mass is 10.2. The van der Waals surface area contributed by atoms with Crippen LogP contribution in [0.15, 0.2) is 12.3 Å². The molecule has 0 amide bonds. The summed E-state index contributed by atoms with van der Waals surface area (Å²) in [5.74, 6) is 0.909. The number of anilines is 1. The van der Waals surface area contributed by atoms with Gasteiger partial charge in [0, 0.05) is 25.0 Å². The van der Waals surface area contributed by atoms with Crippen molar-refractivity contribution in [2.45, 2.75) is 52.9 Å². The SMILES string of the molecule is CCCCN(CCC)c1nccc(CCC)n1. The second-order valence-electron chi connectivity index (χ2n) is 4.44. The number of hydrogen-bond acceptors (Lipinski definition) is 3. The molecule has 0 saturated carbocycles. The lowest BCUT2D eigenvalue weighted by molar-refractivity contribution is 0.683. The van der Waals surface area contributed by atoms with E-state index >= 15 is 0 Å². The number of rotatable bonds is 8. The second kappa shape index (κ2) is 8.04. The number of hydrogen-bond donors (Lipinski definition) is 0. The van der Waals surface area contributed by atoms with Crippen LogP contribution in [-0.2, 0) is 6.42 Å². The van der Waals surface area contributed by atoms with Crippen LogP contribution in [0.4, 0.5) is 5.95 Å². The Morgan fingerprint density at radius 2 is 1.88 bits per heavy atom. The highest BCUT2D eigenvalue weighted by Gasteiger charge is 2.08. The van der Waals surface area contributed by atoms with Crippen LogP contribution >= 0.6 is 0 Å². The summed E-state index contributed by atoms with van der Waals surface area (Å²) in [5, 5.41) is 0. The fraction of sp³-hybridized carbons (Fsp3) is 0.714. The summed E-state index contributed by atoms with van der Waals surface area (Å²) in [7, 11) is 0. The van der Waals surface area contributed by atoms with E-state index in [1.54, 1.807) is 0 Å². The molecule has 1 rings (SSSR count). The number of aryl methyl sites for hydroxylation is 1. The Bertz CT molecular complexity index is 312. The monoisotopic (exact) mass is 235 g/mol. The van der Waals surface area contributed by atoms with Crippen molar-refractivity contribution in [2.75, 3.05) is 18.0 Å². The topological polar surface area (TPSA) is 29.0 Å². The minimum atomic E-state index is 0.909. The summed E-state index contributed by atoms with van der Waals surface area (Å²) < 4.78 is 0. The fourth-order valence-corrected chi connectivity index (χ4v) is 1.86. The van der Waals surface area contributed by atoms with Crippen molar-refractivity contribution in [1.29, 1.82) is 0 Å². The third-order valence-corrected chi connectivity index (χ3v) is 2.76. The molecule has 3 nitrogen and oxygen atoms in total. The van der Waals surface area contributed by atoms with Gasteiger partial charge in [0.05, 0.1) is 0 Å². The van der Waals surface area contributed by atoms with Gasteiger partial charge in [-0.3, -0.25) is 0 Å². The van der Waals surface area contributed by atoms with Gasteiger partial charge in [0.15, 0.2) is 0 Å². The van der Waals surface area contributed by atoms with Crippen molar-refractivity contribution in [2.24, 2.45) is 0 Å². The van der Waals surface area contributed by atoms with Crippen molar-refractivity contribution >= 4 is 5.95 Å². The van der Waals surface area contributed by atoms with Gasteiger partial charge in [-0.2, -0.15) is 0 Å². The number of unbranched alkanes of at least 4 members (excludes halogenated alkanes) is 1. The maximum absolute atomic E-state index is 4.65. The second-order valence-corrected chi connectivity index (χ2v) is 4.44. The standard InChI is InChI=1S/C14H25N3/c1-4-7-12-17(11-6-3)14-15-10-9-13(16-14)8-5-2/h9-10H,4-8,11-12H2,1-3H3. The molecular weight excluding hydrogens is 210 g/mol. The largest absolute Gasteiger partial charge is 0.341 e. The van der Waals surface area contributed by atoms with Gasteiger partial charge < -0.3 is 4.90 Å². The highest BCUT2D eigenvalue weighted by atomic mass is 15.2. The van der Waals surface area contributed by atoms with Gasteiger partial charge in [0.2, 0.25) is 5.95 Å². The van der Waals surface area contributed by atoms with Crippen LogP contribution in [-0.4, -0.2) is 23.1 Å². The zero-order chi connectivity index (χ0) is 12.5. The molecule has 17 heavy (non-hydrogen) atoms. The zero-order valence-electron chi connectivity index (χ0n) is 11.4. The molecule has 0 aliphatic heterocycles. The lowest BCUT2D eigenvalue weighted by Crippen LogP contribution is -2.27. The molecule has 0 aromatic carbocycles. The Morgan fingerprint density at radius 1 is 1.06 bits per heavy atom. The normalized spacial score (nSPS) is 10.5. The Kier molecular flexibility index (Phi) is 6.60. The van der Waals surface area contributed by atoms with Crippen LogP contribution in [0.2, 0.25) is 0 Å². The molecule has 0 atom stereocenters. The maximum atomic E-state index is 4.65. The van der Waals surface area contributed by atoms with Gasteiger partial charge in [-0.05, 0) is 25.3 Å². The molecule has 1 heterocycles. The van der Waals surface area contributed by atoms with Gasteiger partial charge in [0.25, 0.3) is 0 Å². The van der Waals surface area contributed by atoms with Crippen LogP contribution in [0.1, 0.15) is 52.1 Å². The minimum absolute atomic E-state index is 0.909. The Balaban J connectivity index is 2.73. The molecule has 0 unspecified atom stereocenters. The molecule has 0 aliphatic carbocycles. The first-order chi connectivity index (χ1) is 8.31. The van der Waals surface area contributed by atoms with Crippen molar-refractivity contribution < 1.29 is 0 Å². The molecular formula is C14H25N3. The van der Waals surface area contributed by atoms with E-state index in [-0.39, 0.29) is 0 Å². The number of nitrogens with zero attached hydrogens (tertiary/aromatic N) is 3. The molecule has 1 aromatic heterocycles. The van der Waals surface area contributed by atoms with Crippen molar-refractivity contribution in [3.8, 4) is 0 Å². The molecule has 0 spiro atoms. The van der Waals surface area contributed by atoms with E-state index < -0.39 is 0 Å². The summed E-state index contributed by atoms with van der Waals surface area (Å²) in [5.41, 5.74) is 1.16. The molecule has 96 valence electrons. The summed E-state index contributed by atoms with van der Waals surface area (Å²) >= 11 is 0. The van der Waals surface area contributed by atoms with Crippen LogP contribution in [0.3, 0.4) is 0 Å². The van der Waals surface area contributed by atoms with E-state index in [1.165, 1.54) is 12.8 Å². The summed E-state index contributed by atoms with van der Waals surface area (Å²) in [4.78, 5) is 11.4. The highest BCUT2D eigenvalue weighted by molar-refractivity contribution is 5.30. The first kappa shape index (κ1) is 13.9. The lowest BCUT2D eigenvalue weighted by Gasteiger charge is -2.22. The quantitative estimate of drug-likeness (QED) is 0.691. The molecule has 0 N–H and O–H groups in total. The minimum Gasteiger partial charge on any atom is -0.341 e. The van der Waals surface area contributed by atoms with Crippen molar-refractivity contribution in [3.05, 3.63) is 18.0 Å². The van der Waals surface area contributed by atoms with E-state index in [1.807, 2.05) is 12.3 Å². The van der Waals surface area contributed by atoms with Crippen LogP contribution in [0.5, 0.6) is 0 Å². The average molecular weight is 235 g/mol. The Hall–Kier alpha value is -1.12. The molecule has 0 saturated heterocycles. The van der Waals surface area contributed by atoms with E-state index in [2.05, 4.69) is 35.6 Å². The third kappa shape index (κ3) is 4.72. The predicted molar refractivity (Wildman–Crippen MR) is 73.4 cm³/mol. The first-order valence-corrected chi connectivity index (χ1v) is 6.88. The van der Waals surface area contributed by atoms with Gasteiger partial charge in [-0.15, -0.1) is 0 Å². The number of aromatic nitrogens is 2. The van der Waals surface area contributed by atoms with Crippen LogP contribution < -0.4 is 4.90 Å². The smallest absolute Gasteiger partial charge is 0.225 e. The highest BCUT2D eigenvalue weighted by Crippen LogP contribution is 2.10. The van der Waals surface area contributed by atoms with E-state index in [0.717, 1.165) is 44.0 Å². The van der Waals surface area contributed by atoms with Gasteiger partial charge in [-0.1, -0.05) is 33.6 Å². The van der Waals surface area contributed by atoms with Crippen LogP contribution in [0, 0.1) is 0 Å². The molecule has 1 aromatic rings. The van der Waals surface area contributed by atoms with E-state index in [9.17, 15) is 0 Å². The average Bonchev–Trinajstić information content (AvgIpc) is 2.35. The molecule has 0 fully saturated rings. The summed E-state index contributed by atoms with van der Waals surface area (Å²) in [6.45, 7) is 8.73. The van der Waals surface area contributed by atoms with E-state index in [0.29, 0.717) is 0 Å². The fourth-order valence-electron chi connectivity index (χ4n) is 1.86. The van der Waals surface area contributed by atoms with Crippen LogP contribution in [0.25, 0.3) is 0 Å². The van der Waals surface area contributed by atoms with Gasteiger partial charge in [0.1, 0.15) is 0 Å². The van der Waals surface area contributed by atoms with E-state index in [4.69, 9.17) is 0 Å². The van der Waals surface area contributed by atoms with Gasteiger partial charge in [-0.25, -0.2) is 9.97 Å². The Morgan fingerprint density at radius 3 is 2.53 bits per heavy atom. The summed E-state index contributed by atoms with van der Waals surface area (Å²) in [6.07, 6.45) is 7.64. The molecule has 0 bridgehead atoms. The van der Waals surface area contributed by atoms with Crippen molar-refractivity contribution in [1.82, 2.24) is 9.97 Å². The maximum Gasteiger partial charge on any atom is 0.225 e. The molecule has 0 radical (unpaired) electrons. The zero-order valence-corrected chi connectivity index (χ0v) is 11.4. The van der Waals surface area contributed by atoms with Gasteiger partial charge >= 0.3 is 0 Å².